The molecule has 1 aliphatic heterocycles. The topological polar surface area (TPSA) is 34.5 Å². The van der Waals surface area contributed by atoms with Crippen molar-refractivity contribution in [1.82, 2.24) is 9.47 Å². The molecular formula is C25H29ClN2O2. The summed E-state index contributed by atoms with van der Waals surface area (Å²) in [5, 5.41) is 1.80. The average Bonchev–Trinajstić information content (AvgIpc) is 3.10. The average molecular weight is 425 g/mol. The molecule has 0 spiro atoms. The fourth-order valence-electron chi connectivity index (χ4n) is 4.49. The third kappa shape index (κ3) is 4.71. The lowest BCUT2D eigenvalue weighted by Gasteiger charge is -2.33. The molecule has 0 saturated carbocycles. The van der Waals surface area contributed by atoms with Crippen LogP contribution in [0.3, 0.4) is 0 Å². The minimum Gasteiger partial charge on any atom is -0.489 e. The largest absolute Gasteiger partial charge is 0.489 e. The van der Waals surface area contributed by atoms with Gasteiger partial charge in [-0.1, -0.05) is 29.8 Å². The molecule has 158 valence electrons. The molecule has 0 radical (unpaired) electrons. The summed E-state index contributed by atoms with van der Waals surface area (Å²) in [6.45, 7) is 7.77. The summed E-state index contributed by atoms with van der Waals surface area (Å²) < 4.78 is 8.42. The fraction of sp³-hybridized carbons (Fsp3) is 0.400. The van der Waals surface area contributed by atoms with Crippen molar-refractivity contribution in [3.05, 3.63) is 64.8 Å². The lowest BCUT2D eigenvalue weighted by atomic mass is 10.1. The van der Waals surface area contributed by atoms with Crippen molar-refractivity contribution in [3.8, 4) is 5.75 Å². The van der Waals surface area contributed by atoms with Gasteiger partial charge in [-0.3, -0.25) is 9.69 Å². The highest BCUT2D eigenvalue weighted by molar-refractivity contribution is 6.30. The van der Waals surface area contributed by atoms with Gasteiger partial charge in [0.1, 0.15) is 11.9 Å². The van der Waals surface area contributed by atoms with E-state index in [-0.39, 0.29) is 11.9 Å². The molecule has 4 nitrogen and oxygen atoms in total. The van der Waals surface area contributed by atoms with Crippen LogP contribution in [0, 0.1) is 6.92 Å². The molecule has 0 bridgehead atoms. The Labute approximate surface area is 183 Å². The van der Waals surface area contributed by atoms with Crippen LogP contribution in [-0.4, -0.2) is 41.0 Å². The standard InChI is InChI=1S/C25H29ClN2O2/c1-18-6-3-8-23-24(19(2)29)17-28(25(18)23)15-5-14-27-13-4-7-22(16-27)30-21-11-9-20(26)10-12-21/h3,6,8-12,17,22H,4-5,7,13-16H2,1-2H3. The number of ketones is 1. The Morgan fingerprint density at radius 1 is 1.17 bits per heavy atom. The van der Waals surface area contributed by atoms with E-state index in [0.29, 0.717) is 0 Å². The quantitative estimate of drug-likeness (QED) is 0.453. The number of likely N-dealkylation sites (tertiary alicyclic amines) is 1. The summed E-state index contributed by atoms with van der Waals surface area (Å²) in [5.41, 5.74) is 3.22. The molecule has 3 aromatic rings. The van der Waals surface area contributed by atoms with E-state index in [9.17, 15) is 4.79 Å². The number of ether oxygens (including phenoxy) is 1. The number of halogens is 1. The third-order valence-electron chi connectivity index (χ3n) is 5.93. The molecule has 0 aliphatic carbocycles. The predicted molar refractivity (Wildman–Crippen MR) is 123 cm³/mol. The van der Waals surface area contributed by atoms with Crippen molar-refractivity contribution < 1.29 is 9.53 Å². The van der Waals surface area contributed by atoms with Gasteiger partial charge in [0.2, 0.25) is 0 Å². The second-order valence-corrected chi connectivity index (χ2v) is 8.69. The highest BCUT2D eigenvalue weighted by Crippen LogP contribution is 2.26. The van der Waals surface area contributed by atoms with E-state index in [0.717, 1.165) is 67.2 Å². The van der Waals surface area contributed by atoms with E-state index in [4.69, 9.17) is 16.3 Å². The Morgan fingerprint density at radius 2 is 1.97 bits per heavy atom. The van der Waals surface area contributed by atoms with Gasteiger partial charge in [-0.05, 0) is 76.0 Å². The number of rotatable bonds is 7. The number of fused-ring (bicyclic) bond motifs is 1. The molecule has 4 rings (SSSR count). The molecule has 1 saturated heterocycles. The lowest BCUT2D eigenvalue weighted by molar-refractivity contribution is 0.0872. The maximum atomic E-state index is 12.1. The zero-order valence-electron chi connectivity index (χ0n) is 17.7. The Balaban J connectivity index is 1.36. The van der Waals surface area contributed by atoms with Gasteiger partial charge in [-0.25, -0.2) is 0 Å². The highest BCUT2D eigenvalue weighted by Gasteiger charge is 2.21. The molecule has 1 atom stereocenters. The van der Waals surface area contributed by atoms with E-state index in [1.807, 2.05) is 36.5 Å². The Kier molecular flexibility index (Phi) is 6.45. The maximum Gasteiger partial charge on any atom is 0.161 e. The van der Waals surface area contributed by atoms with Crippen LogP contribution in [0.25, 0.3) is 10.9 Å². The number of carbonyl (C=O) groups excluding carboxylic acids is 1. The number of benzene rings is 2. The zero-order chi connectivity index (χ0) is 21.1. The van der Waals surface area contributed by atoms with Crippen molar-refractivity contribution in [2.24, 2.45) is 0 Å². The minimum absolute atomic E-state index is 0.127. The van der Waals surface area contributed by atoms with Crippen LogP contribution in [0.4, 0.5) is 0 Å². The molecule has 1 fully saturated rings. The normalized spacial score (nSPS) is 17.4. The number of carbonyl (C=O) groups is 1. The lowest BCUT2D eigenvalue weighted by Crippen LogP contribution is -2.41. The van der Waals surface area contributed by atoms with Gasteiger partial charge < -0.3 is 9.30 Å². The first kappa shape index (κ1) is 21.0. The summed E-state index contributed by atoms with van der Waals surface area (Å²) in [4.78, 5) is 14.6. The highest BCUT2D eigenvalue weighted by atomic mass is 35.5. The van der Waals surface area contributed by atoms with Crippen LogP contribution < -0.4 is 4.74 Å². The second kappa shape index (κ2) is 9.23. The molecule has 1 aromatic heterocycles. The summed E-state index contributed by atoms with van der Waals surface area (Å²) >= 11 is 5.97. The van der Waals surface area contributed by atoms with Gasteiger partial charge in [0.25, 0.3) is 0 Å². The number of nitrogens with zero attached hydrogens (tertiary/aromatic N) is 2. The fourth-order valence-corrected chi connectivity index (χ4v) is 4.61. The van der Waals surface area contributed by atoms with Gasteiger partial charge in [-0.15, -0.1) is 0 Å². The molecule has 0 amide bonds. The van der Waals surface area contributed by atoms with Crippen molar-refractivity contribution in [1.29, 1.82) is 0 Å². The molecule has 2 heterocycles. The van der Waals surface area contributed by atoms with Crippen LogP contribution in [-0.2, 0) is 6.54 Å². The smallest absolute Gasteiger partial charge is 0.161 e. The molecular weight excluding hydrogens is 396 g/mol. The van der Waals surface area contributed by atoms with Crippen LogP contribution in [0.15, 0.2) is 48.7 Å². The first-order chi connectivity index (χ1) is 14.5. The van der Waals surface area contributed by atoms with E-state index in [1.54, 1.807) is 6.92 Å². The maximum absolute atomic E-state index is 12.1. The Hall–Kier alpha value is -2.30. The van der Waals surface area contributed by atoms with Crippen molar-refractivity contribution in [3.63, 3.8) is 0 Å². The first-order valence-electron chi connectivity index (χ1n) is 10.8. The van der Waals surface area contributed by atoms with Crippen LogP contribution >= 0.6 is 11.6 Å². The van der Waals surface area contributed by atoms with Crippen molar-refractivity contribution in [2.45, 2.75) is 45.8 Å². The van der Waals surface area contributed by atoms with Crippen LogP contribution in [0.2, 0.25) is 5.02 Å². The summed E-state index contributed by atoms with van der Waals surface area (Å²) in [6.07, 6.45) is 5.53. The van der Waals surface area contributed by atoms with Gasteiger partial charge in [0, 0.05) is 35.3 Å². The van der Waals surface area contributed by atoms with Crippen molar-refractivity contribution in [2.75, 3.05) is 19.6 Å². The van der Waals surface area contributed by atoms with Crippen molar-refractivity contribution >= 4 is 28.3 Å². The van der Waals surface area contributed by atoms with Gasteiger partial charge in [0.05, 0.1) is 5.52 Å². The second-order valence-electron chi connectivity index (χ2n) is 8.25. The van der Waals surface area contributed by atoms with E-state index in [1.165, 1.54) is 11.1 Å². The summed E-state index contributed by atoms with van der Waals surface area (Å²) in [7, 11) is 0. The zero-order valence-corrected chi connectivity index (χ0v) is 18.5. The molecule has 0 N–H and O–H groups in total. The van der Waals surface area contributed by atoms with Gasteiger partial charge in [-0.2, -0.15) is 0 Å². The number of hydrogen-bond donors (Lipinski definition) is 0. The number of piperidine rings is 1. The third-order valence-corrected chi connectivity index (χ3v) is 6.18. The molecule has 2 aromatic carbocycles. The van der Waals surface area contributed by atoms with E-state index < -0.39 is 0 Å². The van der Waals surface area contributed by atoms with E-state index in [2.05, 4.69) is 28.5 Å². The summed E-state index contributed by atoms with van der Waals surface area (Å²) in [6, 6.07) is 13.8. The summed E-state index contributed by atoms with van der Waals surface area (Å²) in [5.74, 6) is 1.01. The molecule has 1 aliphatic rings. The predicted octanol–water partition coefficient (Wildman–Crippen LogP) is 5.74. The number of para-hydroxylation sites is 1. The van der Waals surface area contributed by atoms with E-state index >= 15 is 0 Å². The Bertz CT molecular complexity index is 1030. The van der Waals surface area contributed by atoms with Gasteiger partial charge >= 0.3 is 0 Å². The minimum atomic E-state index is 0.127. The monoisotopic (exact) mass is 424 g/mol. The van der Waals surface area contributed by atoms with Crippen LogP contribution in [0.5, 0.6) is 5.75 Å². The number of Topliss-reactive ketones (excluding diaryl/α,β-unsaturated/α-hetero) is 1. The SMILES string of the molecule is CC(=O)c1cn(CCCN2CCCC(Oc3ccc(Cl)cc3)C2)c2c(C)cccc12. The number of hydrogen-bond acceptors (Lipinski definition) is 3. The first-order valence-corrected chi connectivity index (χ1v) is 11.1. The molecule has 5 heteroatoms. The number of aryl methyl sites for hydroxylation is 2. The number of aromatic nitrogens is 1. The van der Waals surface area contributed by atoms with Crippen LogP contribution in [0.1, 0.15) is 42.1 Å². The Morgan fingerprint density at radius 3 is 2.73 bits per heavy atom. The molecule has 1 unspecified atom stereocenters. The van der Waals surface area contributed by atoms with Gasteiger partial charge in [0.15, 0.2) is 5.78 Å². The molecule has 30 heavy (non-hydrogen) atoms.